The predicted octanol–water partition coefficient (Wildman–Crippen LogP) is 3.73. The van der Waals surface area contributed by atoms with E-state index in [2.05, 4.69) is 6.92 Å². The lowest BCUT2D eigenvalue weighted by molar-refractivity contribution is 0.592. The number of hydrogen-bond acceptors (Lipinski definition) is 2. The van der Waals surface area contributed by atoms with Crippen LogP contribution in [0.4, 0.5) is 0 Å². The van der Waals surface area contributed by atoms with E-state index in [9.17, 15) is 8.42 Å². The maximum Gasteiger partial charge on any atom is 0.150 e. The van der Waals surface area contributed by atoms with E-state index in [4.69, 9.17) is 0 Å². The Bertz CT molecular complexity index is 266. The Balaban J connectivity index is 3.21. The van der Waals surface area contributed by atoms with Crippen LogP contribution in [-0.2, 0) is 9.84 Å². The van der Waals surface area contributed by atoms with Gasteiger partial charge in [-0.3, -0.25) is 0 Å². The summed E-state index contributed by atoms with van der Waals surface area (Å²) in [6, 6.07) is 0. The highest BCUT2D eigenvalue weighted by Gasteiger charge is 1.95. The van der Waals surface area contributed by atoms with Crippen LogP contribution in [-0.4, -0.2) is 20.4 Å². The fourth-order valence-electron chi connectivity index (χ4n) is 1.58. The molecule has 0 aliphatic carbocycles. The van der Waals surface area contributed by atoms with Gasteiger partial charge in [-0.2, -0.15) is 0 Å². The van der Waals surface area contributed by atoms with Gasteiger partial charge in [-0.05, 0) is 12.8 Å². The van der Waals surface area contributed by atoms with Crippen molar-refractivity contribution in [1.82, 2.24) is 0 Å². The standard InChI is InChI=1S/C13H26O2S/c1-3-4-5-6-7-8-9-10-11-12-13-16(2,14)15/h11-12H,3-10,13H2,1-2H3. The van der Waals surface area contributed by atoms with Crippen LogP contribution in [0.1, 0.15) is 58.3 Å². The molecule has 0 heterocycles. The fourth-order valence-corrected chi connectivity index (χ4v) is 2.07. The molecule has 0 bridgehead atoms. The lowest BCUT2D eigenvalue weighted by atomic mass is 10.1. The molecule has 0 amide bonds. The lowest BCUT2D eigenvalue weighted by Gasteiger charge is -1.98. The summed E-state index contributed by atoms with van der Waals surface area (Å²) < 4.78 is 21.6. The van der Waals surface area contributed by atoms with Gasteiger partial charge >= 0.3 is 0 Å². The third-order valence-corrected chi connectivity index (χ3v) is 3.34. The van der Waals surface area contributed by atoms with Crippen molar-refractivity contribution in [1.29, 1.82) is 0 Å². The molecule has 0 saturated carbocycles. The molecule has 0 aromatic carbocycles. The molecule has 0 spiro atoms. The van der Waals surface area contributed by atoms with Crippen molar-refractivity contribution < 1.29 is 8.42 Å². The smallest absolute Gasteiger partial charge is 0.150 e. The molecule has 0 aromatic rings. The van der Waals surface area contributed by atoms with Crippen LogP contribution in [0.5, 0.6) is 0 Å². The molecule has 16 heavy (non-hydrogen) atoms. The summed E-state index contributed by atoms with van der Waals surface area (Å²) in [6.45, 7) is 2.23. The molecule has 0 atom stereocenters. The average molecular weight is 246 g/mol. The average Bonchev–Trinajstić information content (AvgIpc) is 2.19. The first-order valence-electron chi connectivity index (χ1n) is 6.39. The van der Waals surface area contributed by atoms with E-state index in [0.717, 1.165) is 6.42 Å². The Kier molecular flexibility index (Phi) is 9.69. The number of unbranched alkanes of at least 4 members (excludes halogenated alkanes) is 7. The van der Waals surface area contributed by atoms with Crippen molar-refractivity contribution in [2.24, 2.45) is 0 Å². The van der Waals surface area contributed by atoms with Gasteiger partial charge in [-0.1, -0.05) is 57.6 Å². The molecule has 0 radical (unpaired) electrons. The quantitative estimate of drug-likeness (QED) is 0.435. The van der Waals surface area contributed by atoms with E-state index in [1.807, 2.05) is 6.08 Å². The first-order valence-corrected chi connectivity index (χ1v) is 8.45. The fraction of sp³-hybridized carbons (Fsp3) is 0.846. The largest absolute Gasteiger partial charge is 0.229 e. The predicted molar refractivity (Wildman–Crippen MR) is 71.5 cm³/mol. The van der Waals surface area contributed by atoms with Crippen molar-refractivity contribution in [3.63, 3.8) is 0 Å². The van der Waals surface area contributed by atoms with Crippen molar-refractivity contribution >= 4 is 9.84 Å². The number of allylic oxidation sites excluding steroid dienone is 1. The zero-order valence-corrected chi connectivity index (χ0v) is 11.6. The Morgan fingerprint density at radius 1 is 0.875 bits per heavy atom. The van der Waals surface area contributed by atoms with Gasteiger partial charge in [-0.25, -0.2) is 8.42 Å². The third kappa shape index (κ3) is 13.7. The summed E-state index contributed by atoms with van der Waals surface area (Å²) in [5, 5.41) is 0. The van der Waals surface area contributed by atoms with Crippen LogP contribution in [0.25, 0.3) is 0 Å². The van der Waals surface area contributed by atoms with Gasteiger partial charge in [-0.15, -0.1) is 0 Å². The molecule has 0 fully saturated rings. The molecule has 0 saturated heterocycles. The van der Waals surface area contributed by atoms with E-state index in [-0.39, 0.29) is 5.75 Å². The van der Waals surface area contributed by atoms with E-state index < -0.39 is 9.84 Å². The highest BCUT2D eigenvalue weighted by Crippen LogP contribution is 2.08. The number of hydrogen-bond donors (Lipinski definition) is 0. The Labute approximate surface area is 101 Å². The Hall–Kier alpha value is -0.310. The van der Waals surface area contributed by atoms with Gasteiger partial charge in [0.25, 0.3) is 0 Å². The summed E-state index contributed by atoms with van der Waals surface area (Å²) in [5.74, 6) is 0.184. The van der Waals surface area contributed by atoms with Gasteiger partial charge in [0, 0.05) is 6.26 Å². The third-order valence-electron chi connectivity index (χ3n) is 2.54. The first-order chi connectivity index (χ1) is 7.56. The van der Waals surface area contributed by atoms with Crippen molar-refractivity contribution in [2.75, 3.05) is 12.0 Å². The highest BCUT2D eigenvalue weighted by atomic mass is 32.2. The molecule has 0 unspecified atom stereocenters. The monoisotopic (exact) mass is 246 g/mol. The number of rotatable bonds is 10. The second-order valence-corrected chi connectivity index (χ2v) is 6.66. The second kappa shape index (κ2) is 9.88. The highest BCUT2D eigenvalue weighted by molar-refractivity contribution is 7.90. The van der Waals surface area contributed by atoms with Crippen molar-refractivity contribution in [3.8, 4) is 0 Å². The zero-order valence-electron chi connectivity index (χ0n) is 10.7. The minimum atomic E-state index is -2.82. The van der Waals surface area contributed by atoms with Crippen LogP contribution in [0.3, 0.4) is 0 Å². The molecule has 0 aliphatic heterocycles. The van der Waals surface area contributed by atoms with Gasteiger partial charge in [0.2, 0.25) is 0 Å². The molecule has 0 aliphatic rings. The SMILES string of the molecule is CCCCCCCCCC=CCS(C)(=O)=O. The minimum absolute atomic E-state index is 0.184. The summed E-state index contributed by atoms with van der Waals surface area (Å²) in [6.07, 6.45) is 15.2. The molecule has 2 nitrogen and oxygen atoms in total. The Morgan fingerprint density at radius 3 is 2.00 bits per heavy atom. The summed E-state index contributed by atoms with van der Waals surface area (Å²) in [7, 11) is -2.82. The second-order valence-electron chi connectivity index (χ2n) is 4.47. The topological polar surface area (TPSA) is 34.1 Å². The van der Waals surface area contributed by atoms with E-state index in [0.29, 0.717) is 0 Å². The van der Waals surface area contributed by atoms with Crippen LogP contribution in [0.2, 0.25) is 0 Å². The van der Waals surface area contributed by atoms with Gasteiger partial charge in [0.1, 0.15) is 0 Å². The maximum absolute atomic E-state index is 10.8. The van der Waals surface area contributed by atoms with Gasteiger partial charge in [0.05, 0.1) is 5.75 Å². The van der Waals surface area contributed by atoms with E-state index >= 15 is 0 Å². The summed E-state index contributed by atoms with van der Waals surface area (Å²) in [4.78, 5) is 0. The molecular weight excluding hydrogens is 220 g/mol. The minimum Gasteiger partial charge on any atom is -0.229 e. The van der Waals surface area contributed by atoms with E-state index in [1.165, 1.54) is 51.2 Å². The van der Waals surface area contributed by atoms with Crippen molar-refractivity contribution in [3.05, 3.63) is 12.2 Å². The Morgan fingerprint density at radius 2 is 1.44 bits per heavy atom. The van der Waals surface area contributed by atoms with Crippen LogP contribution in [0, 0.1) is 0 Å². The normalized spacial score (nSPS) is 12.4. The maximum atomic E-state index is 10.8. The van der Waals surface area contributed by atoms with Gasteiger partial charge in [0.15, 0.2) is 9.84 Å². The summed E-state index contributed by atoms with van der Waals surface area (Å²) in [5.41, 5.74) is 0. The molecule has 3 heteroatoms. The molecule has 0 rings (SSSR count). The van der Waals surface area contributed by atoms with Crippen molar-refractivity contribution in [2.45, 2.75) is 58.3 Å². The zero-order chi connectivity index (χ0) is 12.3. The van der Waals surface area contributed by atoms with Crippen LogP contribution < -0.4 is 0 Å². The lowest BCUT2D eigenvalue weighted by Crippen LogP contribution is -1.98. The first kappa shape index (κ1) is 15.7. The van der Waals surface area contributed by atoms with E-state index in [1.54, 1.807) is 6.08 Å². The molecule has 0 aromatic heterocycles. The number of sulfone groups is 1. The van der Waals surface area contributed by atoms with Crippen LogP contribution >= 0.6 is 0 Å². The van der Waals surface area contributed by atoms with Gasteiger partial charge < -0.3 is 0 Å². The summed E-state index contributed by atoms with van der Waals surface area (Å²) >= 11 is 0. The molecule has 0 N–H and O–H groups in total. The van der Waals surface area contributed by atoms with Crippen LogP contribution in [0.15, 0.2) is 12.2 Å². The molecular formula is C13H26O2S. The molecule has 96 valence electrons.